The van der Waals surface area contributed by atoms with Gasteiger partial charge in [0.05, 0.1) is 11.3 Å². The number of anilines is 2. The maximum atomic E-state index is 13.4. The summed E-state index contributed by atoms with van der Waals surface area (Å²) in [4.78, 5) is 11.9. The average Bonchev–Trinajstić information content (AvgIpc) is 2.38. The molecule has 0 fully saturated rings. The van der Waals surface area contributed by atoms with E-state index in [1.807, 2.05) is 0 Å². The van der Waals surface area contributed by atoms with Crippen molar-refractivity contribution in [2.24, 2.45) is 0 Å². The van der Waals surface area contributed by atoms with Gasteiger partial charge < -0.3 is 11.1 Å². The van der Waals surface area contributed by atoms with E-state index in [1.54, 1.807) is 12.1 Å². The van der Waals surface area contributed by atoms with E-state index in [1.165, 1.54) is 18.2 Å². The molecule has 0 atom stereocenters. The van der Waals surface area contributed by atoms with Crippen LogP contribution in [-0.2, 0) is 0 Å². The second-order valence-electron chi connectivity index (χ2n) is 3.79. The van der Waals surface area contributed by atoms with Crippen molar-refractivity contribution in [3.05, 3.63) is 58.1 Å². The molecule has 0 bridgehead atoms. The first-order chi connectivity index (χ1) is 8.99. The molecule has 0 aliphatic heterocycles. The summed E-state index contributed by atoms with van der Waals surface area (Å²) < 4.78 is 27.1. The molecule has 2 aromatic carbocycles. The van der Waals surface area contributed by atoms with E-state index in [0.717, 1.165) is 6.07 Å². The number of amides is 1. The van der Waals surface area contributed by atoms with Gasteiger partial charge in [-0.25, -0.2) is 8.78 Å². The molecule has 6 heteroatoms. The predicted molar refractivity (Wildman–Crippen MR) is 72.9 cm³/mol. The molecule has 1 amide bonds. The summed E-state index contributed by atoms with van der Waals surface area (Å²) in [6, 6.07) is 8.26. The summed E-state index contributed by atoms with van der Waals surface area (Å²) in [5.74, 6) is -2.74. The Labute approximate surface area is 116 Å². The van der Waals surface area contributed by atoms with E-state index < -0.39 is 17.5 Å². The van der Waals surface area contributed by atoms with Crippen LogP contribution in [0.5, 0.6) is 0 Å². The molecule has 0 aromatic heterocycles. The third-order valence-electron chi connectivity index (χ3n) is 2.46. The topological polar surface area (TPSA) is 55.1 Å². The second-order valence-corrected chi connectivity index (χ2v) is 4.70. The summed E-state index contributed by atoms with van der Waals surface area (Å²) in [6.07, 6.45) is 0. The van der Waals surface area contributed by atoms with Crippen LogP contribution in [0.25, 0.3) is 0 Å². The maximum Gasteiger partial charge on any atom is 0.257 e. The fourth-order valence-corrected chi connectivity index (χ4v) is 1.88. The van der Waals surface area contributed by atoms with Gasteiger partial charge in [-0.15, -0.1) is 0 Å². The van der Waals surface area contributed by atoms with Crippen LogP contribution in [0.3, 0.4) is 0 Å². The third-order valence-corrected chi connectivity index (χ3v) is 2.95. The monoisotopic (exact) mass is 326 g/mol. The Kier molecular flexibility index (Phi) is 3.80. The number of hydrogen-bond donors (Lipinski definition) is 2. The molecule has 98 valence electrons. The molecule has 0 radical (unpaired) electrons. The highest BCUT2D eigenvalue weighted by Crippen LogP contribution is 2.21. The molecule has 3 nitrogen and oxygen atoms in total. The predicted octanol–water partition coefficient (Wildman–Crippen LogP) is 3.56. The molecule has 0 saturated heterocycles. The van der Waals surface area contributed by atoms with Gasteiger partial charge in [-0.05, 0) is 30.3 Å². The minimum absolute atomic E-state index is 0.179. The maximum absolute atomic E-state index is 13.4. The van der Waals surface area contributed by atoms with Crippen LogP contribution in [0, 0.1) is 11.6 Å². The number of hydrogen-bond acceptors (Lipinski definition) is 2. The quantitative estimate of drug-likeness (QED) is 0.829. The lowest BCUT2D eigenvalue weighted by atomic mass is 10.1. The van der Waals surface area contributed by atoms with Crippen molar-refractivity contribution in [1.82, 2.24) is 0 Å². The van der Waals surface area contributed by atoms with Gasteiger partial charge in [-0.3, -0.25) is 4.79 Å². The molecular weight excluding hydrogens is 318 g/mol. The molecule has 2 aromatic rings. The number of rotatable bonds is 2. The first-order valence-corrected chi connectivity index (χ1v) is 6.08. The van der Waals surface area contributed by atoms with E-state index in [0.29, 0.717) is 4.47 Å². The molecule has 19 heavy (non-hydrogen) atoms. The number of nitrogens with two attached hydrogens (primary N) is 1. The van der Waals surface area contributed by atoms with Crippen LogP contribution in [0.2, 0.25) is 0 Å². The zero-order chi connectivity index (χ0) is 14.0. The molecule has 0 spiro atoms. The highest BCUT2D eigenvalue weighted by Gasteiger charge is 2.14. The number of carbonyl (C=O) groups is 1. The fourth-order valence-electron chi connectivity index (χ4n) is 1.52. The van der Waals surface area contributed by atoms with E-state index in [4.69, 9.17) is 5.73 Å². The van der Waals surface area contributed by atoms with E-state index >= 15 is 0 Å². The van der Waals surface area contributed by atoms with Crippen molar-refractivity contribution in [3.8, 4) is 0 Å². The summed E-state index contributed by atoms with van der Waals surface area (Å²) in [6.45, 7) is 0. The van der Waals surface area contributed by atoms with Crippen LogP contribution in [0.4, 0.5) is 20.2 Å². The summed E-state index contributed by atoms with van der Waals surface area (Å²) in [7, 11) is 0. The first kappa shape index (κ1) is 13.5. The van der Waals surface area contributed by atoms with Crippen LogP contribution >= 0.6 is 15.9 Å². The van der Waals surface area contributed by atoms with Gasteiger partial charge in [-0.1, -0.05) is 22.0 Å². The van der Waals surface area contributed by atoms with Crippen molar-refractivity contribution < 1.29 is 13.6 Å². The van der Waals surface area contributed by atoms with Gasteiger partial charge in [0, 0.05) is 10.2 Å². The smallest absolute Gasteiger partial charge is 0.257 e. The SMILES string of the molecule is Nc1ccc(Br)cc1C(=O)Nc1cccc(F)c1F. The van der Waals surface area contributed by atoms with Gasteiger partial charge in [-0.2, -0.15) is 0 Å². The average molecular weight is 327 g/mol. The summed E-state index contributed by atoms with van der Waals surface area (Å²) >= 11 is 3.21. The van der Waals surface area contributed by atoms with E-state index in [9.17, 15) is 13.6 Å². The second kappa shape index (κ2) is 5.36. The molecule has 3 N–H and O–H groups in total. The number of benzene rings is 2. The van der Waals surface area contributed by atoms with Crippen molar-refractivity contribution in [2.75, 3.05) is 11.1 Å². The molecule has 2 rings (SSSR count). The van der Waals surface area contributed by atoms with Gasteiger partial charge in [0.15, 0.2) is 11.6 Å². The lowest BCUT2D eigenvalue weighted by Crippen LogP contribution is -2.15. The Balaban J connectivity index is 2.31. The normalized spacial score (nSPS) is 10.3. The standard InChI is InChI=1S/C13H9BrF2N2O/c14-7-4-5-10(17)8(6-7)13(19)18-11-3-1-2-9(15)12(11)16/h1-6H,17H2,(H,18,19). The fraction of sp³-hybridized carbons (Fsp3) is 0. The Morgan fingerprint density at radius 1 is 1.21 bits per heavy atom. The largest absolute Gasteiger partial charge is 0.398 e. The lowest BCUT2D eigenvalue weighted by Gasteiger charge is -2.09. The van der Waals surface area contributed by atoms with Gasteiger partial charge in [0.1, 0.15) is 0 Å². The Morgan fingerprint density at radius 3 is 2.68 bits per heavy atom. The number of nitrogen functional groups attached to an aromatic ring is 1. The summed E-state index contributed by atoms with van der Waals surface area (Å²) in [5.41, 5.74) is 5.86. The lowest BCUT2D eigenvalue weighted by molar-refractivity contribution is 0.102. The Bertz CT molecular complexity index is 647. The van der Waals surface area contributed by atoms with Crippen molar-refractivity contribution in [1.29, 1.82) is 0 Å². The zero-order valence-corrected chi connectivity index (χ0v) is 11.2. The molecule has 0 saturated carbocycles. The molecule has 0 unspecified atom stereocenters. The van der Waals surface area contributed by atoms with Crippen molar-refractivity contribution in [2.45, 2.75) is 0 Å². The van der Waals surface area contributed by atoms with Gasteiger partial charge in [0.25, 0.3) is 5.91 Å². The third kappa shape index (κ3) is 2.90. The minimum atomic E-state index is -1.11. The molecule has 0 aliphatic carbocycles. The van der Waals surface area contributed by atoms with Crippen LogP contribution in [0.1, 0.15) is 10.4 Å². The minimum Gasteiger partial charge on any atom is -0.398 e. The van der Waals surface area contributed by atoms with Crippen LogP contribution in [0.15, 0.2) is 40.9 Å². The molecular formula is C13H9BrF2N2O. The molecule has 0 heterocycles. The van der Waals surface area contributed by atoms with Gasteiger partial charge in [0.2, 0.25) is 0 Å². The van der Waals surface area contributed by atoms with E-state index in [2.05, 4.69) is 21.2 Å². The van der Waals surface area contributed by atoms with Crippen molar-refractivity contribution >= 4 is 33.2 Å². The van der Waals surface area contributed by atoms with Crippen molar-refractivity contribution in [3.63, 3.8) is 0 Å². The van der Waals surface area contributed by atoms with Crippen LogP contribution < -0.4 is 11.1 Å². The van der Waals surface area contributed by atoms with Crippen LogP contribution in [-0.4, -0.2) is 5.91 Å². The van der Waals surface area contributed by atoms with E-state index in [-0.39, 0.29) is 16.9 Å². The summed E-state index contributed by atoms with van der Waals surface area (Å²) in [5, 5.41) is 2.28. The number of carbonyl (C=O) groups excluding carboxylic acids is 1. The Morgan fingerprint density at radius 2 is 1.95 bits per heavy atom. The number of nitrogens with one attached hydrogen (secondary N) is 1. The molecule has 0 aliphatic rings. The Hall–Kier alpha value is -1.95. The van der Waals surface area contributed by atoms with Gasteiger partial charge >= 0.3 is 0 Å². The first-order valence-electron chi connectivity index (χ1n) is 5.29. The highest BCUT2D eigenvalue weighted by atomic mass is 79.9. The highest BCUT2D eigenvalue weighted by molar-refractivity contribution is 9.10. The number of halogens is 3. The zero-order valence-electron chi connectivity index (χ0n) is 9.58.